The molecule has 5 heteroatoms. The first-order valence-electron chi connectivity index (χ1n) is 5.76. The first kappa shape index (κ1) is 12.9. The second kappa shape index (κ2) is 4.98. The van der Waals surface area contributed by atoms with Gasteiger partial charge in [0, 0.05) is 12.1 Å². The lowest BCUT2D eigenvalue weighted by molar-refractivity contribution is 0.125. The van der Waals surface area contributed by atoms with E-state index in [-0.39, 0.29) is 6.04 Å². The summed E-state index contributed by atoms with van der Waals surface area (Å²) in [5.74, 6) is 0. The molecule has 0 spiro atoms. The van der Waals surface area contributed by atoms with Crippen molar-refractivity contribution in [3.05, 3.63) is 40.2 Å². The summed E-state index contributed by atoms with van der Waals surface area (Å²) in [6.07, 6.45) is 1.63. The lowest BCUT2D eigenvalue weighted by Crippen LogP contribution is -2.43. The molecule has 0 fully saturated rings. The van der Waals surface area contributed by atoms with Gasteiger partial charge in [0.1, 0.15) is 5.15 Å². The lowest BCUT2D eigenvalue weighted by Gasteiger charge is -2.33. The van der Waals surface area contributed by atoms with Crippen LogP contribution in [-0.2, 0) is 13.0 Å². The smallest absolute Gasteiger partial charge is 0.408 e. The Morgan fingerprint density at radius 3 is 2.89 bits per heavy atom. The van der Waals surface area contributed by atoms with E-state index < -0.39 is 6.09 Å². The van der Waals surface area contributed by atoms with Crippen LogP contribution in [0.2, 0.25) is 5.15 Å². The van der Waals surface area contributed by atoms with Crippen LogP contribution in [0, 0.1) is 0 Å². The van der Waals surface area contributed by atoms with Crippen LogP contribution < -0.4 is 0 Å². The van der Waals surface area contributed by atoms with Crippen LogP contribution in [-0.4, -0.2) is 27.1 Å². The number of hydrogen-bond acceptors (Lipinski definition) is 2. The molecule has 1 amide bonds. The molecule has 18 heavy (non-hydrogen) atoms. The predicted octanol–water partition coefficient (Wildman–Crippen LogP) is 3.11. The molecule has 0 saturated heterocycles. The number of rotatable bonds is 1. The summed E-state index contributed by atoms with van der Waals surface area (Å²) < 4.78 is 0. The van der Waals surface area contributed by atoms with Gasteiger partial charge < -0.3 is 5.11 Å². The molecule has 0 bridgehead atoms. The molecule has 0 aliphatic carbocycles. The van der Waals surface area contributed by atoms with Crippen LogP contribution >= 0.6 is 11.6 Å². The molecule has 2 heterocycles. The fraction of sp³-hybridized carbons (Fsp3) is 0.385. The van der Waals surface area contributed by atoms with Crippen LogP contribution in [0.4, 0.5) is 4.79 Å². The Labute approximate surface area is 111 Å². The highest BCUT2D eigenvalue weighted by Crippen LogP contribution is 2.24. The van der Waals surface area contributed by atoms with Crippen LogP contribution in [0.3, 0.4) is 0 Å². The van der Waals surface area contributed by atoms with Crippen LogP contribution in [0.1, 0.15) is 25.1 Å². The summed E-state index contributed by atoms with van der Waals surface area (Å²) in [7, 11) is 0. The number of aromatic nitrogens is 1. The number of halogens is 1. The van der Waals surface area contributed by atoms with Crippen molar-refractivity contribution in [3.8, 4) is 0 Å². The Morgan fingerprint density at radius 1 is 1.56 bits per heavy atom. The fourth-order valence-electron chi connectivity index (χ4n) is 2.18. The van der Waals surface area contributed by atoms with E-state index in [0.717, 1.165) is 16.8 Å². The van der Waals surface area contributed by atoms with E-state index in [9.17, 15) is 9.90 Å². The second-order valence-electron chi connectivity index (χ2n) is 4.67. The van der Waals surface area contributed by atoms with Crippen LogP contribution in [0.5, 0.6) is 0 Å². The Balaban J connectivity index is 2.37. The van der Waals surface area contributed by atoms with Crippen molar-refractivity contribution < 1.29 is 9.90 Å². The molecule has 0 saturated carbocycles. The topological polar surface area (TPSA) is 53.4 Å². The Hall–Kier alpha value is -1.55. The van der Waals surface area contributed by atoms with E-state index in [1.165, 1.54) is 4.90 Å². The molecule has 0 aromatic carbocycles. The molecular formula is C13H15ClN2O2. The van der Waals surface area contributed by atoms with Crippen molar-refractivity contribution in [2.24, 2.45) is 0 Å². The molecule has 1 atom stereocenters. The highest BCUT2D eigenvalue weighted by molar-refractivity contribution is 6.29. The molecule has 0 radical (unpaired) electrons. The van der Waals surface area contributed by atoms with Gasteiger partial charge in [0.15, 0.2) is 0 Å². The zero-order chi connectivity index (χ0) is 13.3. The van der Waals surface area contributed by atoms with Gasteiger partial charge in [-0.1, -0.05) is 29.3 Å². The standard InChI is InChI=1S/C13H15ClN2O2/c1-8(2)5-10-6-11-9(3-4-12(14)15-11)7-16(10)13(17)18/h3-5,10H,6-7H2,1-2H3,(H,17,18). The number of carbonyl (C=O) groups is 1. The average molecular weight is 267 g/mol. The van der Waals surface area contributed by atoms with Crippen molar-refractivity contribution in [2.45, 2.75) is 32.9 Å². The van der Waals surface area contributed by atoms with E-state index in [4.69, 9.17) is 11.6 Å². The SMILES string of the molecule is CC(C)=CC1Cc2nc(Cl)ccc2CN1C(=O)O. The molecule has 96 valence electrons. The zero-order valence-electron chi connectivity index (χ0n) is 10.4. The largest absolute Gasteiger partial charge is 0.465 e. The Kier molecular flexibility index (Phi) is 3.57. The van der Waals surface area contributed by atoms with Gasteiger partial charge in [0.25, 0.3) is 0 Å². The summed E-state index contributed by atoms with van der Waals surface area (Å²) in [5.41, 5.74) is 2.92. The van der Waals surface area contributed by atoms with E-state index in [1.54, 1.807) is 6.07 Å². The number of nitrogens with zero attached hydrogens (tertiary/aromatic N) is 2. The predicted molar refractivity (Wildman–Crippen MR) is 69.7 cm³/mol. The van der Waals surface area contributed by atoms with Gasteiger partial charge in [-0.2, -0.15) is 0 Å². The van der Waals surface area contributed by atoms with Crippen molar-refractivity contribution in [1.29, 1.82) is 0 Å². The third-order valence-corrected chi connectivity index (χ3v) is 3.16. The van der Waals surface area contributed by atoms with Gasteiger partial charge in [-0.3, -0.25) is 4.90 Å². The van der Waals surface area contributed by atoms with Crippen LogP contribution in [0.15, 0.2) is 23.8 Å². The van der Waals surface area contributed by atoms with Gasteiger partial charge >= 0.3 is 6.09 Å². The molecule has 1 aromatic rings. The fourth-order valence-corrected chi connectivity index (χ4v) is 2.34. The van der Waals surface area contributed by atoms with E-state index in [1.807, 2.05) is 26.0 Å². The number of hydrogen-bond donors (Lipinski definition) is 1. The van der Waals surface area contributed by atoms with Crippen molar-refractivity contribution >= 4 is 17.7 Å². The highest BCUT2D eigenvalue weighted by atomic mass is 35.5. The highest BCUT2D eigenvalue weighted by Gasteiger charge is 2.29. The summed E-state index contributed by atoms with van der Waals surface area (Å²) in [6.45, 7) is 4.28. The minimum atomic E-state index is -0.905. The van der Waals surface area contributed by atoms with E-state index in [2.05, 4.69) is 4.98 Å². The van der Waals surface area contributed by atoms with Gasteiger partial charge in [-0.15, -0.1) is 0 Å². The maximum absolute atomic E-state index is 11.3. The summed E-state index contributed by atoms with van der Waals surface area (Å²) in [4.78, 5) is 17.0. The maximum Gasteiger partial charge on any atom is 0.408 e. The minimum absolute atomic E-state index is 0.161. The van der Waals surface area contributed by atoms with Gasteiger partial charge in [-0.25, -0.2) is 9.78 Å². The first-order chi connectivity index (χ1) is 8.47. The van der Waals surface area contributed by atoms with Crippen molar-refractivity contribution in [3.63, 3.8) is 0 Å². The molecule has 1 N–H and O–H groups in total. The first-order valence-corrected chi connectivity index (χ1v) is 6.14. The average Bonchev–Trinajstić information content (AvgIpc) is 2.26. The number of amides is 1. The lowest BCUT2D eigenvalue weighted by atomic mass is 9.97. The van der Waals surface area contributed by atoms with Gasteiger partial charge in [0.05, 0.1) is 12.6 Å². The zero-order valence-corrected chi connectivity index (χ0v) is 11.1. The molecule has 1 aromatic heterocycles. The third kappa shape index (κ3) is 2.64. The minimum Gasteiger partial charge on any atom is -0.465 e. The van der Waals surface area contributed by atoms with Gasteiger partial charge in [0.2, 0.25) is 0 Å². The number of carboxylic acid groups (broad SMARTS) is 1. The monoisotopic (exact) mass is 266 g/mol. The van der Waals surface area contributed by atoms with Gasteiger partial charge in [-0.05, 0) is 25.5 Å². The van der Waals surface area contributed by atoms with Crippen molar-refractivity contribution in [2.75, 3.05) is 0 Å². The van der Waals surface area contributed by atoms with Crippen LogP contribution in [0.25, 0.3) is 0 Å². The Bertz CT molecular complexity index is 510. The summed E-state index contributed by atoms with van der Waals surface area (Å²) >= 11 is 5.87. The molecule has 2 rings (SSSR count). The van der Waals surface area contributed by atoms with E-state index in [0.29, 0.717) is 18.1 Å². The third-order valence-electron chi connectivity index (χ3n) is 2.95. The van der Waals surface area contributed by atoms with Crippen molar-refractivity contribution in [1.82, 2.24) is 9.88 Å². The summed E-state index contributed by atoms with van der Waals surface area (Å²) in [6, 6.07) is 3.38. The number of fused-ring (bicyclic) bond motifs is 1. The molecular weight excluding hydrogens is 252 g/mol. The molecule has 1 aliphatic rings. The molecule has 1 unspecified atom stereocenters. The normalized spacial score (nSPS) is 18.2. The summed E-state index contributed by atoms with van der Waals surface area (Å²) in [5, 5.41) is 9.70. The van der Waals surface area contributed by atoms with E-state index >= 15 is 0 Å². The second-order valence-corrected chi connectivity index (χ2v) is 5.05. The number of pyridine rings is 1. The quantitative estimate of drug-likeness (QED) is 0.628. The molecule has 1 aliphatic heterocycles. The Morgan fingerprint density at radius 2 is 2.28 bits per heavy atom. The molecule has 4 nitrogen and oxygen atoms in total. The number of allylic oxidation sites excluding steroid dienone is 1. The maximum atomic E-state index is 11.3.